The van der Waals surface area contributed by atoms with Crippen molar-refractivity contribution in [2.45, 2.75) is 32.8 Å². The van der Waals surface area contributed by atoms with Gasteiger partial charge in [-0.25, -0.2) is 9.59 Å². The van der Waals surface area contributed by atoms with Crippen molar-refractivity contribution in [3.05, 3.63) is 59.9 Å². The first kappa shape index (κ1) is 17.5. The second-order valence-corrected chi connectivity index (χ2v) is 6.14. The summed E-state index contributed by atoms with van der Waals surface area (Å²) >= 11 is 0. The second kappa shape index (κ2) is 7.59. The number of hydrogen-bond donors (Lipinski definition) is 1. The second-order valence-electron chi connectivity index (χ2n) is 6.14. The summed E-state index contributed by atoms with van der Waals surface area (Å²) in [5.41, 5.74) is 1.48. The molecule has 0 aliphatic heterocycles. The average molecular weight is 328 g/mol. The Labute approximate surface area is 140 Å². The van der Waals surface area contributed by atoms with Crippen LogP contribution in [0.4, 0.5) is 15.3 Å². The normalized spacial score (nSPS) is 10.8. The van der Waals surface area contributed by atoms with E-state index in [-0.39, 0.29) is 0 Å². The van der Waals surface area contributed by atoms with Crippen molar-refractivity contribution < 1.29 is 19.1 Å². The zero-order valence-corrected chi connectivity index (χ0v) is 13.9. The first-order valence-corrected chi connectivity index (χ1v) is 7.53. The van der Waals surface area contributed by atoms with Gasteiger partial charge in [0, 0.05) is 12.6 Å². The number of rotatable bonds is 3. The summed E-state index contributed by atoms with van der Waals surface area (Å²) in [5, 5.41) is 2.52. The van der Waals surface area contributed by atoms with E-state index in [4.69, 9.17) is 4.74 Å². The van der Waals surface area contributed by atoms with Crippen LogP contribution in [-0.4, -0.2) is 22.8 Å². The zero-order valence-electron chi connectivity index (χ0n) is 13.9. The van der Waals surface area contributed by atoms with E-state index in [9.17, 15) is 9.59 Å². The van der Waals surface area contributed by atoms with E-state index in [2.05, 4.69) is 15.0 Å². The van der Waals surface area contributed by atoms with Crippen LogP contribution in [0.15, 0.2) is 48.7 Å². The third kappa shape index (κ3) is 5.72. The van der Waals surface area contributed by atoms with Gasteiger partial charge in [0.2, 0.25) is 0 Å². The largest absolute Gasteiger partial charge is 0.517 e. The molecular formula is C18H20N2O4. The van der Waals surface area contributed by atoms with Crippen LogP contribution in [0.1, 0.15) is 32.0 Å². The average Bonchev–Trinajstić information content (AvgIpc) is 2.48. The molecule has 0 radical (unpaired) electrons. The Morgan fingerprint density at radius 3 is 2.46 bits per heavy atom. The van der Waals surface area contributed by atoms with Crippen molar-refractivity contribution >= 4 is 17.9 Å². The molecule has 0 spiro atoms. The number of aromatic nitrogens is 1. The van der Waals surface area contributed by atoms with Crippen molar-refractivity contribution in [1.29, 1.82) is 0 Å². The number of pyridine rings is 1. The van der Waals surface area contributed by atoms with Gasteiger partial charge in [-0.05, 0) is 38.5 Å². The molecule has 6 heteroatoms. The van der Waals surface area contributed by atoms with Crippen molar-refractivity contribution in [2.24, 2.45) is 0 Å². The van der Waals surface area contributed by atoms with Crippen LogP contribution >= 0.6 is 0 Å². The number of carbonyl (C=O) groups excluding carboxylic acids is 2. The Balaban J connectivity index is 2.02. The highest BCUT2D eigenvalue weighted by atomic mass is 16.8. The van der Waals surface area contributed by atoms with Gasteiger partial charge in [-0.15, -0.1) is 0 Å². The Hall–Kier alpha value is -2.89. The van der Waals surface area contributed by atoms with Crippen molar-refractivity contribution in [3.8, 4) is 0 Å². The number of nitrogens with one attached hydrogen (secondary N) is 1. The lowest BCUT2D eigenvalue weighted by atomic mass is 10.1. The van der Waals surface area contributed by atoms with Crippen LogP contribution in [0.3, 0.4) is 0 Å². The molecule has 0 unspecified atom stereocenters. The summed E-state index contributed by atoms with van der Waals surface area (Å²) in [5.74, 6) is 0. The van der Waals surface area contributed by atoms with E-state index in [1.165, 1.54) is 0 Å². The quantitative estimate of drug-likeness (QED) is 0.676. The fraction of sp³-hybridized carbons (Fsp3) is 0.278. The Bertz CT molecular complexity index is 708. The van der Waals surface area contributed by atoms with Crippen LogP contribution in [0, 0.1) is 0 Å². The molecule has 1 aromatic carbocycles. The van der Waals surface area contributed by atoms with E-state index < -0.39 is 17.8 Å². The van der Waals surface area contributed by atoms with Gasteiger partial charge in [0.1, 0.15) is 5.60 Å². The summed E-state index contributed by atoms with van der Waals surface area (Å²) in [6, 6.07) is 13.1. The molecule has 6 nitrogen and oxygen atoms in total. The lowest BCUT2D eigenvalue weighted by molar-refractivity contribution is 0.0111. The molecule has 126 valence electrons. The number of anilines is 1. The third-order valence-corrected chi connectivity index (χ3v) is 2.91. The van der Waals surface area contributed by atoms with Gasteiger partial charge in [-0.3, -0.25) is 10.3 Å². The number of hydrogen-bond acceptors (Lipinski definition) is 5. The van der Waals surface area contributed by atoms with Crippen LogP contribution in [0.25, 0.3) is 0 Å². The van der Waals surface area contributed by atoms with Gasteiger partial charge >= 0.3 is 12.2 Å². The molecule has 1 heterocycles. The molecule has 0 aliphatic rings. The highest BCUT2D eigenvalue weighted by molar-refractivity contribution is 5.91. The van der Waals surface area contributed by atoms with Crippen molar-refractivity contribution in [2.75, 3.05) is 5.32 Å². The number of ether oxygens (including phenoxy) is 2. The maximum Gasteiger partial charge on any atom is 0.517 e. The minimum Gasteiger partial charge on any atom is -0.428 e. The molecular weight excluding hydrogens is 308 g/mol. The first-order chi connectivity index (χ1) is 11.3. The lowest BCUT2D eigenvalue weighted by Crippen LogP contribution is -2.27. The van der Waals surface area contributed by atoms with E-state index >= 15 is 0 Å². The maximum absolute atomic E-state index is 11.9. The summed E-state index contributed by atoms with van der Waals surface area (Å²) in [6.45, 7) is 5.06. The predicted octanol–water partition coefficient (Wildman–Crippen LogP) is 4.16. The highest BCUT2D eigenvalue weighted by Gasteiger charge is 2.20. The standard InChI is InChI=1S/C18H20N2O4/c1-18(2,3)24-17(22)23-16(21)20-14-10-7-11-19-15(14)12-13-8-5-4-6-9-13/h4-11H,12H2,1-3H3,(H,20,21). The molecule has 0 aliphatic carbocycles. The molecule has 0 saturated heterocycles. The lowest BCUT2D eigenvalue weighted by Gasteiger charge is -2.18. The molecule has 24 heavy (non-hydrogen) atoms. The molecule has 0 fully saturated rings. The number of nitrogens with zero attached hydrogens (tertiary/aromatic N) is 1. The Morgan fingerprint density at radius 2 is 1.79 bits per heavy atom. The summed E-state index contributed by atoms with van der Waals surface area (Å²) < 4.78 is 9.53. The molecule has 0 saturated carbocycles. The van der Waals surface area contributed by atoms with Gasteiger partial charge in [-0.2, -0.15) is 0 Å². The molecule has 1 aromatic heterocycles. The van der Waals surface area contributed by atoms with E-state index in [0.717, 1.165) is 5.56 Å². The molecule has 0 bridgehead atoms. The molecule has 0 atom stereocenters. The van der Waals surface area contributed by atoms with Crippen molar-refractivity contribution in [3.63, 3.8) is 0 Å². The highest BCUT2D eigenvalue weighted by Crippen LogP contribution is 2.17. The molecule has 2 rings (SSSR count). The monoisotopic (exact) mass is 328 g/mol. The van der Waals surface area contributed by atoms with Gasteiger partial charge in [0.05, 0.1) is 11.4 Å². The predicted molar refractivity (Wildman–Crippen MR) is 89.8 cm³/mol. The smallest absolute Gasteiger partial charge is 0.428 e. The van der Waals surface area contributed by atoms with Crippen molar-refractivity contribution in [1.82, 2.24) is 4.98 Å². The third-order valence-electron chi connectivity index (χ3n) is 2.91. The number of amides is 1. The van der Waals surface area contributed by atoms with Gasteiger partial charge in [-0.1, -0.05) is 30.3 Å². The van der Waals surface area contributed by atoms with E-state index in [1.54, 1.807) is 39.1 Å². The Kier molecular flexibility index (Phi) is 5.52. The summed E-state index contributed by atoms with van der Waals surface area (Å²) in [7, 11) is 0. The van der Waals surface area contributed by atoms with Gasteiger partial charge < -0.3 is 9.47 Å². The van der Waals surface area contributed by atoms with Crippen LogP contribution < -0.4 is 5.32 Å². The van der Waals surface area contributed by atoms with Crippen LogP contribution in [0.5, 0.6) is 0 Å². The maximum atomic E-state index is 11.9. The number of benzene rings is 1. The molecule has 1 N–H and O–H groups in total. The summed E-state index contributed by atoms with van der Waals surface area (Å²) in [4.78, 5) is 27.6. The van der Waals surface area contributed by atoms with Gasteiger partial charge in [0.25, 0.3) is 0 Å². The van der Waals surface area contributed by atoms with E-state index in [0.29, 0.717) is 17.8 Å². The minimum atomic E-state index is -1.05. The fourth-order valence-corrected chi connectivity index (χ4v) is 1.96. The van der Waals surface area contributed by atoms with Gasteiger partial charge in [0.15, 0.2) is 0 Å². The molecule has 1 amide bonds. The number of carbonyl (C=O) groups is 2. The first-order valence-electron chi connectivity index (χ1n) is 7.53. The van der Waals surface area contributed by atoms with Crippen LogP contribution in [-0.2, 0) is 15.9 Å². The SMILES string of the molecule is CC(C)(C)OC(=O)OC(=O)Nc1cccnc1Cc1ccccc1. The fourth-order valence-electron chi connectivity index (χ4n) is 1.96. The summed E-state index contributed by atoms with van der Waals surface area (Å²) in [6.07, 6.45) is 0.229. The topological polar surface area (TPSA) is 77.5 Å². The zero-order chi connectivity index (χ0) is 17.6. The Morgan fingerprint density at radius 1 is 1.08 bits per heavy atom. The molecule has 2 aromatic rings. The minimum absolute atomic E-state index is 0.481. The van der Waals surface area contributed by atoms with Crippen LogP contribution in [0.2, 0.25) is 0 Å². The van der Waals surface area contributed by atoms with E-state index in [1.807, 2.05) is 30.3 Å².